The van der Waals surface area contributed by atoms with Crippen LogP contribution in [0.15, 0.2) is 12.7 Å². The maximum absolute atomic E-state index is 10.2. The number of allylic oxidation sites excluding steroid dienone is 1. The molecule has 0 aromatic heterocycles. The third-order valence-corrected chi connectivity index (χ3v) is 2.05. The zero-order valence-corrected chi connectivity index (χ0v) is 11.3. The van der Waals surface area contributed by atoms with E-state index in [-0.39, 0.29) is 29.6 Å². The molecule has 0 aromatic rings. The minimum Gasteiger partial charge on any atom is -0.481 e. The van der Waals surface area contributed by atoms with Crippen molar-refractivity contribution in [2.45, 2.75) is 51.4 Å². The van der Waals surface area contributed by atoms with Gasteiger partial charge < -0.3 is 5.11 Å². The fraction of sp³-hybridized carbons (Fsp3) is 0.727. The van der Waals surface area contributed by atoms with E-state index in [1.807, 2.05) is 6.08 Å². The average Bonchev–Trinajstić information content (AvgIpc) is 2.09. The van der Waals surface area contributed by atoms with E-state index in [9.17, 15) is 4.79 Å². The molecule has 0 saturated heterocycles. The van der Waals surface area contributed by atoms with Crippen molar-refractivity contribution >= 4 is 5.97 Å². The number of hydrogen-bond donors (Lipinski definition) is 1. The van der Waals surface area contributed by atoms with Crippen LogP contribution in [-0.2, 0) is 4.79 Å². The van der Waals surface area contributed by atoms with Crippen LogP contribution in [0.3, 0.4) is 0 Å². The zero-order valence-electron chi connectivity index (χ0n) is 9.30. The fourth-order valence-electron chi connectivity index (χ4n) is 1.27. The fourth-order valence-corrected chi connectivity index (χ4v) is 1.27. The van der Waals surface area contributed by atoms with E-state index >= 15 is 0 Å². The molecule has 0 saturated carbocycles. The van der Waals surface area contributed by atoms with Gasteiger partial charge in [0.25, 0.3) is 0 Å². The predicted molar refractivity (Wildman–Crippen MR) is 54.8 cm³/mol. The van der Waals surface area contributed by atoms with Gasteiger partial charge in [-0.15, -0.1) is 6.58 Å². The summed E-state index contributed by atoms with van der Waals surface area (Å²) in [6.45, 7) is 3.66. The minimum absolute atomic E-state index is 0. The number of carboxylic acid groups (broad SMARTS) is 1. The molecule has 1 N–H and O–H groups in total. The van der Waals surface area contributed by atoms with Crippen molar-refractivity contribution in [2.75, 3.05) is 0 Å². The van der Waals surface area contributed by atoms with Gasteiger partial charge in [-0.1, -0.05) is 31.8 Å². The number of unbranched alkanes of at least 4 members (excludes halogenated alkanes) is 6. The molecule has 0 aromatic carbocycles. The SMILES string of the molecule is C=CCCCCCCCCC(=O)O.[Na+]. The van der Waals surface area contributed by atoms with Gasteiger partial charge in [0.1, 0.15) is 0 Å². The molecule has 0 aliphatic carbocycles. The Morgan fingerprint density at radius 2 is 1.57 bits per heavy atom. The van der Waals surface area contributed by atoms with Crippen LogP contribution in [0.25, 0.3) is 0 Å². The van der Waals surface area contributed by atoms with Crippen molar-refractivity contribution < 1.29 is 39.5 Å². The number of rotatable bonds is 9. The van der Waals surface area contributed by atoms with E-state index in [2.05, 4.69) is 6.58 Å². The summed E-state index contributed by atoms with van der Waals surface area (Å²) < 4.78 is 0. The summed E-state index contributed by atoms with van der Waals surface area (Å²) in [4.78, 5) is 10.2. The van der Waals surface area contributed by atoms with E-state index in [0.29, 0.717) is 6.42 Å². The van der Waals surface area contributed by atoms with Crippen LogP contribution < -0.4 is 29.6 Å². The van der Waals surface area contributed by atoms with Gasteiger partial charge in [0.05, 0.1) is 0 Å². The Kier molecular flexibility index (Phi) is 15.7. The molecule has 0 rings (SSSR count). The van der Waals surface area contributed by atoms with E-state index in [1.54, 1.807) is 0 Å². The first-order chi connectivity index (χ1) is 6.27. The van der Waals surface area contributed by atoms with Crippen molar-refractivity contribution in [3.8, 4) is 0 Å². The molecule has 0 heterocycles. The van der Waals surface area contributed by atoms with Gasteiger partial charge in [-0.25, -0.2) is 0 Å². The van der Waals surface area contributed by atoms with Gasteiger partial charge in [-0.3, -0.25) is 4.79 Å². The summed E-state index contributed by atoms with van der Waals surface area (Å²) in [6.07, 6.45) is 10.1. The zero-order chi connectivity index (χ0) is 9.94. The second-order valence-corrected chi connectivity index (χ2v) is 3.34. The molecule has 0 bridgehead atoms. The third kappa shape index (κ3) is 14.7. The second-order valence-electron chi connectivity index (χ2n) is 3.34. The summed E-state index contributed by atoms with van der Waals surface area (Å²) in [6, 6.07) is 0. The molecule has 2 nitrogen and oxygen atoms in total. The molecular formula is C11H20NaO2+. The Bertz CT molecular complexity index is 146. The van der Waals surface area contributed by atoms with E-state index in [4.69, 9.17) is 5.11 Å². The Hall–Kier alpha value is 0.210. The molecular weight excluding hydrogens is 187 g/mol. The maximum Gasteiger partial charge on any atom is 1.00 e. The first-order valence-electron chi connectivity index (χ1n) is 5.10. The van der Waals surface area contributed by atoms with Crippen molar-refractivity contribution in [3.63, 3.8) is 0 Å². The van der Waals surface area contributed by atoms with Gasteiger partial charge in [0.15, 0.2) is 0 Å². The average molecular weight is 207 g/mol. The van der Waals surface area contributed by atoms with Crippen LogP contribution in [0.1, 0.15) is 51.4 Å². The monoisotopic (exact) mass is 207 g/mol. The van der Waals surface area contributed by atoms with Crippen molar-refractivity contribution in [3.05, 3.63) is 12.7 Å². The van der Waals surface area contributed by atoms with Gasteiger partial charge in [0, 0.05) is 6.42 Å². The summed E-state index contributed by atoms with van der Waals surface area (Å²) in [7, 11) is 0. The Labute approximate surface area is 109 Å². The molecule has 3 heteroatoms. The molecule has 0 amide bonds. The first kappa shape index (κ1) is 16.6. The summed E-state index contributed by atoms with van der Waals surface area (Å²) in [5, 5.41) is 8.38. The number of aliphatic carboxylic acids is 1. The topological polar surface area (TPSA) is 37.3 Å². The van der Waals surface area contributed by atoms with Gasteiger partial charge in [-0.2, -0.15) is 0 Å². The van der Waals surface area contributed by atoms with Gasteiger partial charge >= 0.3 is 35.5 Å². The van der Waals surface area contributed by atoms with Crippen LogP contribution in [0, 0.1) is 0 Å². The number of carboxylic acids is 1. The van der Waals surface area contributed by atoms with E-state index < -0.39 is 5.97 Å². The molecule has 0 fully saturated rings. The Balaban J connectivity index is 0. The van der Waals surface area contributed by atoms with Gasteiger partial charge in [-0.05, 0) is 19.3 Å². The standard InChI is InChI=1S/C11H20O2.Na/c1-2-3-4-5-6-7-8-9-10-11(12)13;/h2H,1,3-10H2,(H,12,13);/q;+1. The van der Waals surface area contributed by atoms with Crippen LogP contribution in [0.5, 0.6) is 0 Å². The number of carbonyl (C=O) groups is 1. The molecule has 0 unspecified atom stereocenters. The molecule has 0 spiro atoms. The molecule has 0 atom stereocenters. The predicted octanol–water partition coefficient (Wildman–Crippen LogP) is 0.382. The number of hydrogen-bond acceptors (Lipinski definition) is 1. The van der Waals surface area contributed by atoms with Crippen LogP contribution >= 0.6 is 0 Å². The molecule has 0 radical (unpaired) electrons. The third-order valence-electron chi connectivity index (χ3n) is 2.05. The van der Waals surface area contributed by atoms with Crippen LogP contribution in [0.2, 0.25) is 0 Å². The summed E-state index contributed by atoms with van der Waals surface area (Å²) >= 11 is 0. The van der Waals surface area contributed by atoms with Crippen molar-refractivity contribution in [1.82, 2.24) is 0 Å². The van der Waals surface area contributed by atoms with E-state index in [1.165, 1.54) is 25.7 Å². The van der Waals surface area contributed by atoms with Crippen LogP contribution in [0.4, 0.5) is 0 Å². The van der Waals surface area contributed by atoms with E-state index in [0.717, 1.165) is 19.3 Å². The Morgan fingerprint density at radius 1 is 1.07 bits per heavy atom. The maximum atomic E-state index is 10.2. The quantitative estimate of drug-likeness (QED) is 0.337. The molecule has 76 valence electrons. The van der Waals surface area contributed by atoms with Crippen molar-refractivity contribution in [1.29, 1.82) is 0 Å². The summed E-state index contributed by atoms with van der Waals surface area (Å²) in [5.41, 5.74) is 0. The van der Waals surface area contributed by atoms with Gasteiger partial charge in [0.2, 0.25) is 0 Å². The molecule has 0 aliphatic rings. The summed E-state index contributed by atoms with van der Waals surface area (Å²) in [5.74, 6) is -0.674. The first-order valence-corrected chi connectivity index (χ1v) is 5.10. The van der Waals surface area contributed by atoms with Crippen molar-refractivity contribution in [2.24, 2.45) is 0 Å². The normalized spacial score (nSPS) is 9.14. The second kappa shape index (κ2) is 13.2. The smallest absolute Gasteiger partial charge is 0.481 e. The van der Waals surface area contributed by atoms with Crippen LogP contribution in [-0.4, -0.2) is 11.1 Å². The molecule has 14 heavy (non-hydrogen) atoms. The minimum atomic E-state index is -0.674. The molecule has 0 aliphatic heterocycles. The largest absolute Gasteiger partial charge is 1.00 e. The Morgan fingerprint density at radius 3 is 2.07 bits per heavy atom.